The molecule has 0 atom stereocenters. The van der Waals surface area contributed by atoms with Crippen LogP contribution in [0.25, 0.3) is 0 Å². The molecule has 0 unspecified atom stereocenters. The molecule has 122 valence electrons. The van der Waals surface area contributed by atoms with Gasteiger partial charge in [-0.25, -0.2) is 0 Å². The Labute approximate surface area is 141 Å². The average molecular weight is 345 g/mol. The van der Waals surface area contributed by atoms with Crippen LogP contribution in [0.2, 0.25) is 10.0 Å². The second-order valence-electron chi connectivity index (χ2n) is 5.67. The lowest BCUT2D eigenvalue weighted by molar-refractivity contribution is -0.136. The highest BCUT2D eigenvalue weighted by Crippen LogP contribution is 2.29. The molecule has 1 fully saturated rings. The molecule has 1 aliphatic heterocycles. The van der Waals surface area contributed by atoms with Crippen molar-refractivity contribution in [2.75, 3.05) is 33.4 Å². The van der Waals surface area contributed by atoms with Crippen LogP contribution in [-0.4, -0.2) is 39.3 Å². The monoisotopic (exact) mass is 344 g/mol. The number of benzene rings is 1. The number of halogens is 2. The molecular weight excluding hydrogens is 323 g/mol. The number of ether oxygens (including phenoxy) is 1. The number of carbonyl (C=O) groups excluding carboxylic acids is 1. The van der Waals surface area contributed by atoms with E-state index in [1.54, 1.807) is 7.11 Å². The molecule has 0 radical (unpaired) electrons. The molecule has 22 heavy (non-hydrogen) atoms. The van der Waals surface area contributed by atoms with Crippen molar-refractivity contribution in [3.8, 4) is 0 Å². The summed E-state index contributed by atoms with van der Waals surface area (Å²) in [4.78, 5) is 12.6. The largest absolute Gasteiger partial charge is 0.384 e. The number of hydrogen-bond acceptors (Lipinski definition) is 3. The zero-order chi connectivity index (χ0) is 16.0. The van der Waals surface area contributed by atoms with E-state index in [0.717, 1.165) is 31.5 Å². The molecule has 1 saturated heterocycles. The van der Waals surface area contributed by atoms with E-state index in [1.807, 2.05) is 18.2 Å². The molecule has 0 saturated carbocycles. The normalized spacial score (nSPS) is 17.2. The molecule has 4 nitrogen and oxygen atoms in total. The molecule has 1 heterocycles. The predicted molar refractivity (Wildman–Crippen MR) is 89.6 cm³/mol. The fourth-order valence-electron chi connectivity index (χ4n) is 2.88. The van der Waals surface area contributed by atoms with E-state index >= 15 is 0 Å². The summed E-state index contributed by atoms with van der Waals surface area (Å²) < 4.78 is 5.28. The van der Waals surface area contributed by atoms with Crippen molar-refractivity contribution in [2.24, 2.45) is 5.41 Å². The summed E-state index contributed by atoms with van der Waals surface area (Å²) in [6, 6.07) is 5.43. The summed E-state index contributed by atoms with van der Waals surface area (Å²) in [5, 5.41) is 7.57. The molecule has 0 aliphatic carbocycles. The summed E-state index contributed by atoms with van der Waals surface area (Å²) in [5.41, 5.74) is 0.446. The molecule has 1 aliphatic rings. The maximum atomic E-state index is 12.6. The lowest BCUT2D eigenvalue weighted by Gasteiger charge is -2.35. The third-order valence-electron chi connectivity index (χ3n) is 4.19. The van der Waals surface area contributed by atoms with Crippen molar-refractivity contribution >= 4 is 29.1 Å². The van der Waals surface area contributed by atoms with E-state index in [-0.39, 0.29) is 5.91 Å². The standard InChI is InChI=1S/C16H22Cl2N2O2/c1-22-11-16(6-9-19-10-7-16)15(21)20-8-5-12-13(17)3-2-4-14(12)18/h2-4,19H,5-11H2,1H3,(H,20,21). The van der Waals surface area contributed by atoms with E-state index in [9.17, 15) is 4.79 Å². The molecule has 0 spiro atoms. The summed E-state index contributed by atoms with van der Waals surface area (Å²) in [6.45, 7) is 2.65. The Kier molecular flexibility index (Phi) is 6.50. The number of carbonyl (C=O) groups is 1. The van der Waals surface area contributed by atoms with Gasteiger partial charge in [0.15, 0.2) is 0 Å². The van der Waals surface area contributed by atoms with Crippen molar-refractivity contribution < 1.29 is 9.53 Å². The van der Waals surface area contributed by atoms with Crippen molar-refractivity contribution in [1.29, 1.82) is 0 Å². The van der Waals surface area contributed by atoms with Gasteiger partial charge in [-0.15, -0.1) is 0 Å². The van der Waals surface area contributed by atoms with Crippen molar-refractivity contribution in [3.05, 3.63) is 33.8 Å². The van der Waals surface area contributed by atoms with E-state index in [2.05, 4.69) is 10.6 Å². The van der Waals surface area contributed by atoms with Crippen LogP contribution in [0, 0.1) is 5.41 Å². The average Bonchev–Trinajstić information content (AvgIpc) is 2.51. The number of rotatable bonds is 6. The van der Waals surface area contributed by atoms with Crippen LogP contribution in [0.3, 0.4) is 0 Å². The second-order valence-corrected chi connectivity index (χ2v) is 6.48. The lowest BCUT2D eigenvalue weighted by atomic mass is 9.78. The summed E-state index contributed by atoms with van der Waals surface area (Å²) in [5.74, 6) is 0.0547. The SMILES string of the molecule is COCC1(C(=O)NCCc2c(Cl)cccc2Cl)CCNCC1. The van der Waals surface area contributed by atoms with Gasteiger partial charge in [0.1, 0.15) is 0 Å². The number of nitrogens with one attached hydrogen (secondary N) is 2. The Morgan fingerprint density at radius 3 is 2.55 bits per heavy atom. The third-order valence-corrected chi connectivity index (χ3v) is 4.89. The zero-order valence-corrected chi connectivity index (χ0v) is 14.3. The number of hydrogen-bond donors (Lipinski definition) is 2. The van der Waals surface area contributed by atoms with Gasteiger partial charge in [-0.05, 0) is 50.0 Å². The van der Waals surface area contributed by atoms with Crippen LogP contribution in [0.1, 0.15) is 18.4 Å². The highest BCUT2D eigenvalue weighted by molar-refractivity contribution is 6.35. The maximum Gasteiger partial charge on any atom is 0.228 e. The van der Waals surface area contributed by atoms with Crippen molar-refractivity contribution in [3.63, 3.8) is 0 Å². The molecular formula is C16H22Cl2N2O2. The van der Waals surface area contributed by atoms with Crippen molar-refractivity contribution in [1.82, 2.24) is 10.6 Å². The van der Waals surface area contributed by atoms with Crippen LogP contribution in [0.15, 0.2) is 18.2 Å². The Bertz CT molecular complexity index is 491. The minimum absolute atomic E-state index is 0.0547. The predicted octanol–water partition coefficient (Wildman–Crippen LogP) is 2.67. The molecule has 2 N–H and O–H groups in total. The molecule has 2 rings (SSSR count). The summed E-state index contributed by atoms with van der Waals surface area (Å²) in [6.07, 6.45) is 2.20. The first-order valence-electron chi connectivity index (χ1n) is 7.50. The van der Waals surface area contributed by atoms with Crippen LogP contribution < -0.4 is 10.6 Å². The topological polar surface area (TPSA) is 50.4 Å². The van der Waals surface area contributed by atoms with Crippen LogP contribution in [0.4, 0.5) is 0 Å². The minimum atomic E-state index is -0.426. The van der Waals surface area contributed by atoms with Crippen LogP contribution >= 0.6 is 23.2 Å². The Morgan fingerprint density at radius 2 is 1.95 bits per heavy atom. The van der Waals surface area contributed by atoms with Gasteiger partial charge in [0.05, 0.1) is 12.0 Å². The van der Waals surface area contributed by atoms with E-state index in [1.165, 1.54) is 0 Å². The molecule has 6 heteroatoms. The van der Waals surface area contributed by atoms with Crippen LogP contribution in [0.5, 0.6) is 0 Å². The first kappa shape index (κ1) is 17.5. The smallest absolute Gasteiger partial charge is 0.228 e. The van der Waals surface area contributed by atoms with Gasteiger partial charge in [-0.1, -0.05) is 29.3 Å². The fourth-order valence-corrected chi connectivity index (χ4v) is 3.46. The Morgan fingerprint density at radius 1 is 1.32 bits per heavy atom. The van der Waals surface area contributed by atoms with E-state index < -0.39 is 5.41 Å². The third kappa shape index (κ3) is 4.13. The molecule has 1 aromatic rings. The Hall–Kier alpha value is -0.810. The fraction of sp³-hybridized carbons (Fsp3) is 0.562. The highest BCUT2D eigenvalue weighted by atomic mass is 35.5. The second kappa shape index (κ2) is 8.16. The van der Waals surface area contributed by atoms with E-state index in [4.69, 9.17) is 27.9 Å². The van der Waals surface area contributed by atoms with Gasteiger partial charge in [-0.3, -0.25) is 4.79 Å². The minimum Gasteiger partial charge on any atom is -0.384 e. The summed E-state index contributed by atoms with van der Waals surface area (Å²) >= 11 is 12.3. The first-order valence-corrected chi connectivity index (χ1v) is 8.25. The molecule has 1 aromatic carbocycles. The van der Waals surface area contributed by atoms with Crippen LogP contribution in [-0.2, 0) is 16.0 Å². The van der Waals surface area contributed by atoms with Gasteiger partial charge >= 0.3 is 0 Å². The number of piperidine rings is 1. The number of amides is 1. The molecule has 1 amide bonds. The van der Waals surface area contributed by atoms with E-state index in [0.29, 0.717) is 29.6 Å². The lowest BCUT2D eigenvalue weighted by Crippen LogP contribution is -2.50. The maximum absolute atomic E-state index is 12.6. The van der Waals surface area contributed by atoms with Gasteiger partial charge in [0.2, 0.25) is 5.91 Å². The molecule has 0 aromatic heterocycles. The van der Waals surface area contributed by atoms with Gasteiger partial charge in [0, 0.05) is 23.7 Å². The Balaban J connectivity index is 1.94. The van der Waals surface area contributed by atoms with Gasteiger partial charge < -0.3 is 15.4 Å². The molecule has 0 bridgehead atoms. The zero-order valence-electron chi connectivity index (χ0n) is 12.8. The quantitative estimate of drug-likeness (QED) is 0.834. The van der Waals surface area contributed by atoms with Gasteiger partial charge in [0.25, 0.3) is 0 Å². The first-order chi connectivity index (χ1) is 10.6. The van der Waals surface area contributed by atoms with Crippen molar-refractivity contribution in [2.45, 2.75) is 19.3 Å². The highest BCUT2D eigenvalue weighted by Gasteiger charge is 2.39. The summed E-state index contributed by atoms with van der Waals surface area (Å²) in [7, 11) is 1.64. The number of methoxy groups -OCH3 is 1. The van der Waals surface area contributed by atoms with Gasteiger partial charge in [-0.2, -0.15) is 0 Å².